The Morgan fingerprint density at radius 1 is 1.09 bits per heavy atom. The lowest BCUT2D eigenvalue weighted by Gasteiger charge is -2.11. The van der Waals surface area contributed by atoms with Gasteiger partial charge in [-0.3, -0.25) is 9.20 Å². The molecule has 172 valence electrons. The molecule has 0 spiro atoms. The van der Waals surface area contributed by atoms with E-state index in [4.69, 9.17) is 4.74 Å². The molecule has 0 aliphatic heterocycles. The van der Waals surface area contributed by atoms with E-state index >= 15 is 0 Å². The number of aromatic nitrogens is 3. The molecular weight excluding hydrogens is 456 g/mol. The first-order chi connectivity index (χ1) is 15.7. The van der Waals surface area contributed by atoms with E-state index in [1.165, 1.54) is 41.2 Å². The van der Waals surface area contributed by atoms with E-state index in [0.29, 0.717) is 16.3 Å². The quantitative estimate of drug-likeness (QED) is 0.293. The molecule has 33 heavy (non-hydrogen) atoms. The van der Waals surface area contributed by atoms with Crippen LogP contribution in [0.15, 0.2) is 23.4 Å². The van der Waals surface area contributed by atoms with Crippen LogP contribution in [0, 0.1) is 34.6 Å². The zero-order valence-corrected chi connectivity index (χ0v) is 21.2. The van der Waals surface area contributed by atoms with Gasteiger partial charge >= 0.3 is 5.97 Å². The summed E-state index contributed by atoms with van der Waals surface area (Å²) in [6.45, 7) is 10.1. The smallest absolute Gasteiger partial charge is 0.341 e. The second-order valence-corrected chi connectivity index (χ2v) is 10.4. The van der Waals surface area contributed by atoms with Gasteiger partial charge in [-0.1, -0.05) is 23.4 Å². The van der Waals surface area contributed by atoms with Gasteiger partial charge in [0.15, 0.2) is 10.8 Å². The number of benzene rings is 1. The van der Waals surface area contributed by atoms with Gasteiger partial charge in [0, 0.05) is 22.4 Å². The number of thiophene rings is 1. The summed E-state index contributed by atoms with van der Waals surface area (Å²) < 4.78 is 6.95. The molecule has 7 nitrogen and oxygen atoms in total. The molecule has 0 bridgehead atoms. The number of fused-ring (bicyclic) bond motifs is 3. The summed E-state index contributed by atoms with van der Waals surface area (Å²) in [4.78, 5) is 25.7. The molecule has 0 aliphatic carbocycles. The molecule has 0 aliphatic rings. The maximum atomic E-state index is 12.6. The van der Waals surface area contributed by atoms with Gasteiger partial charge in [-0.25, -0.2) is 4.79 Å². The highest BCUT2D eigenvalue weighted by molar-refractivity contribution is 7.99. The van der Waals surface area contributed by atoms with Crippen molar-refractivity contribution in [1.29, 1.82) is 0 Å². The number of ether oxygens (including phenoxy) is 1. The van der Waals surface area contributed by atoms with Gasteiger partial charge < -0.3 is 10.1 Å². The molecule has 0 radical (unpaired) electrons. The summed E-state index contributed by atoms with van der Waals surface area (Å²) >= 11 is 2.88. The zero-order chi connectivity index (χ0) is 23.9. The van der Waals surface area contributed by atoms with E-state index in [1.807, 2.05) is 19.9 Å². The lowest BCUT2D eigenvalue weighted by molar-refractivity contribution is -0.115. The molecule has 0 unspecified atom stereocenters. The highest BCUT2D eigenvalue weighted by Crippen LogP contribution is 2.33. The molecule has 4 aromatic rings. The van der Waals surface area contributed by atoms with Gasteiger partial charge in [-0.05, 0) is 63.4 Å². The molecule has 1 amide bonds. The Morgan fingerprint density at radius 2 is 1.85 bits per heavy atom. The van der Waals surface area contributed by atoms with Crippen LogP contribution in [-0.4, -0.2) is 39.3 Å². The largest absolute Gasteiger partial charge is 0.465 e. The van der Waals surface area contributed by atoms with Crippen molar-refractivity contribution in [2.45, 2.75) is 46.2 Å². The topological polar surface area (TPSA) is 85.6 Å². The predicted octanol–water partition coefficient (Wildman–Crippen LogP) is 5.39. The van der Waals surface area contributed by atoms with Crippen molar-refractivity contribution in [1.82, 2.24) is 14.6 Å². The summed E-state index contributed by atoms with van der Waals surface area (Å²) in [5.74, 6) is -0.0662. The molecule has 3 aromatic heterocycles. The number of anilines is 1. The number of nitrogens with zero attached hydrogens (tertiary/aromatic N) is 3. The molecule has 0 saturated carbocycles. The number of pyridine rings is 1. The van der Waals surface area contributed by atoms with Crippen molar-refractivity contribution in [2.24, 2.45) is 0 Å². The molecule has 0 saturated heterocycles. The number of carbonyl (C=O) groups is 2. The molecule has 0 atom stereocenters. The van der Waals surface area contributed by atoms with Crippen LogP contribution >= 0.6 is 23.1 Å². The van der Waals surface area contributed by atoms with Crippen molar-refractivity contribution in [3.63, 3.8) is 0 Å². The van der Waals surface area contributed by atoms with Gasteiger partial charge in [0.05, 0.1) is 18.2 Å². The third-order valence-corrected chi connectivity index (χ3v) is 7.74. The minimum Gasteiger partial charge on any atom is -0.465 e. The summed E-state index contributed by atoms with van der Waals surface area (Å²) in [6.07, 6.45) is 0.276. The monoisotopic (exact) mass is 482 g/mol. The normalized spacial score (nSPS) is 11.3. The standard InChI is InChI=1S/C24H26N4O3S2/c1-12-9-14(3)21-17(10-12)13(2)11-18-26-27-24(28(18)21)32-8-7-19(29)25-22-20(23(30)31-6)15(4)16(5)33-22/h9-11H,7-8H2,1-6H3,(H,25,29). The minimum absolute atomic E-state index is 0.157. The predicted molar refractivity (Wildman–Crippen MR) is 134 cm³/mol. The van der Waals surface area contributed by atoms with Gasteiger partial charge in [0.1, 0.15) is 5.00 Å². The van der Waals surface area contributed by atoms with Crippen molar-refractivity contribution in [3.05, 3.63) is 50.9 Å². The number of hydrogen-bond acceptors (Lipinski definition) is 7. The number of thioether (sulfide) groups is 1. The number of esters is 1. The SMILES string of the molecule is COC(=O)c1c(NC(=O)CCSc2nnc3cc(C)c4cc(C)cc(C)c4n23)sc(C)c1C. The van der Waals surface area contributed by atoms with Crippen LogP contribution < -0.4 is 5.32 Å². The zero-order valence-electron chi connectivity index (χ0n) is 19.5. The van der Waals surface area contributed by atoms with E-state index < -0.39 is 5.97 Å². The van der Waals surface area contributed by atoms with Crippen LogP contribution in [0.4, 0.5) is 5.00 Å². The first kappa shape index (κ1) is 23.3. The Morgan fingerprint density at radius 3 is 2.58 bits per heavy atom. The number of carbonyl (C=O) groups excluding carboxylic acids is 2. The molecule has 1 aromatic carbocycles. The van der Waals surface area contributed by atoms with Crippen molar-refractivity contribution in [3.8, 4) is 0 Å². The number of nitrogens with one attached hydrogen (secondary N) is 1. The van der Waals surface area contributed by atoms with E-state index in [2.05, 4.69) is 52.8 Å². The lowest BCUT2D eigenvalue weighted by Crippen LogP contribution is -2.14. The fourth-order valence-corrected chi connectivity index (χ4v) is 5.94. The third kappa shape index (κ3) is 4.35. The molecule has 4 rings (SSSR count). The van der Waals surface area contributed by atoms with Gasteiger partial charge in [0.25, 0.3) is 0 Å². The summed E-state index contributed by atoms with van der Waals surface area (Å²) in [5.41, 5.74) is 6.70. The number of rotatable bonds is 6. The first-order valence-corrected chi connectivity index (χ1v) is 12.4. The lowest BCUT2D eigenvalue weighted by atomic mass is 10.0. The van der Waals surface area contributed by atoms with Crippen LogP contribution in [0.5, 0.6) is 0 Å². The van der Waals surface area contributed by atoms with Gasteiger partial charge in [-0.15, -0.1) is 21.5 Å². The third-order valence-electron chi connectivity index (χ3n) is 5.69. The summed E-state index contributed by atoms with van der Waals surface area (Å²) in [6, 6.07) is 6.39. The van der Waals surface area contributed by atoms with Crippen LogP contribution in [0.2, 0.25) is 0 Å². The summed E-state index contributed by atoms with van der Waals surface area (Å²) in [5, 5.41) is 14.1. The van der Waals surface area contributed by atoms with Crippen molar-refractivity contribution < 1.29 is 14.3 Å². The molecular formula is C24H26N4O3S2. The molecule has 0 fully saturated rings. The Hall–Kier alpha value is -2.91. The molecule has 1 N–H and O–H groups in total. The van der Waals surface area contributed by atoms with Gasteiger partial charge in [0.2, 0.25) is 5.91 Å². The van der Waals surface area contributed by atoms with E-state index in [-0.39, 0.29) is 12.3 Å². The minimum atomic E-state index is -0.441. The van der Waals surface area contributed by atoms with Crippen molar-refractivity contribution in [2.75, 3.05) is 18.2 Å². The van der Waals surface area contributed by atoms with Crippen LogP contribution in [0.1, 0.15) is 43.9 Å². The highest BCUT2D eigenvalue weighted by atomic mass is 32.2. The average Bonchev–Trinajstić information content (AvgIpc) is 3.27. The summed E-state index contributed by atoms with van der Waals surface area (Å²) in [7, 11) is 1.34. The molecule has 3 heterocycles. The first-order valence-electron chi connectivity index (χ1n) is 10.6. The number of hydrogen-bond donors (Lipinski definition) is 1. The van der Waals surface area contributed by atoms with Crippen LogP contribution in [-0.2, 0) is 9.53 Å². The Kier molecular flexibility index (Phi) is 6.45. The second kappa shape index (κ2) is 9.15. The fourth-order valence-electron chi connectivity index (χ4n) is 3.99. The van der Waals surface area contributed by atoms with E-state index in [9.17, 15) is 9.59 Å². The van der Waals surface area contributed by atoms with Crippen LogP contribution in [0.25, 0.3) is 16.6 Å². The Labute approximate surface area is 200 Å². The number of methoxy groups -OCH3 is 1. The van der Waals surface area contributed by atoms with Crippen LogP contribution in [0.3, 0.4) is 0 Å². The van der Waals surface area contributed by atoms with Gasteiger partial charge in [-0.2, -0.15) is 0 Å². The second-order valence-electron chi connectivity index (χ2n) is 8.11. The average molecular weight is 483 g/mol. The maximum Gasteiger partial charge on any atom is 0.341 e. The molecule has 9 heteroatoms. The van der Waals surface area contributed by atoms with Crippen molar-refractivity contribution >= 4 is 56.5 Å². The Bertz CT molecular complexity index is 1400. The number of amides is 1. The van der Waals surface area contributed by atoms with E-state index in [0.717, 1.165) is 37.9 Å². The highest BCUT2D eigenvalue weighted by Gasteiger charge is 2.21. The van der Waals surface area contributed by atoms with E-state index in [1.54, 1.807) is 0 Å². The Balaban J connectivity index is 1.53. The fraction of sp³-hybridized carbons (Fsp3) is 0.333. The maximum absolute atomic E-state index is 12.6. The number of aryl methyl sites for hydroxylation is 4.